The molecular weight excluding hydrogens is 430 g/mol. The van der Waals surface area contributed by atoms with Crippen LogP contribution in [-0.2, 0) is 11.8 Å². The lowest BCUT2D eigenvalue weighted by molar-refractivity contribution is -0.112. The molecule has 0 aliphatic heterocycles. The number of rotatable bonds is 5. The van der Waals surface area contributed by atoms with Gasteiger partial charge in [0, 0.05) is 35.6 Å². The van der Waals surface area contributed by atoms with Gasteiger partial charge in [0.05, 0.1) is 11.1 Å². The first-order chi connectivity index (χ1) is 16.4. The number of nitrogens with zero attached hydrogens (tertiary/aromatic N) is 7. The topological polar surface area (TPSA) is 129 Å². The number of aromatic nitrogens is 7. The monoisotopic (exact) mass is 451 g/mol. The highest BCUT2D eigenvalue weighted by atomic mass is 16.1. The maximum absolute atomic E-state index is 12.0. The minimum atomic E-state index is -0.223. The second-order valence-electron chi connectivity index (χ2n) is 7.80. The van der Waals surface area contributed by atoms with Crippen molar-refractivity contribution in [2.24, 2.45) is 7.05 Å². The first-order valence-electron chi connectivity index (χ1n) is 10.4. The van der Waals surface area contributed by atoms with Gasteiger partial charge in [-0.05, 0) is 36.8 Å². The molecule has 1 aromatic carbocycles. The van der Waals surface area contributed by atoms with Crippen molar-refractivity contribution in [2.45, 2.75) is 6.92 Å². The maximum Gasteiger partial charge on any atom is 0.250 e. The van der Waals surface area contributed by atoms with Gasteiger partial charge in [0.25, 0.3) is 5.91 Å². The van der Waals surface area contributed by atoms with Crippen molar-refractivity contribution < 1.29 is 4.79 Å². The lowest BCUT2D eigenvalue weighted by Crippen LogP contribution is -2.11. The fourth-order valence-corrected chi connectivity index (χ4v) is 3.84. The minimum Gasteiger partial charge on any atom is -0.383 e. The molecule has 0 aliphatic carbocycles. The molecule has 34 heavy (non-hydrogen) atoms. The van der Waals surface area contributed by atoms with Crippen LogP contribution in [0.3, 0.4) is 0 Å². The summed E-state index contributed by atoms with van der Waals surface area (Å²) in [6.45, 7) is 5.34. The van der Waals surface area contributed by atoms with Crippen LogP contribution in [0, 0.1) is 0 Å². The summed E-state index contributed by atoms with van der Waals surface area (Å²) in [7, 11) is 1.93. The normalized spacial score (nSPS) is 11.0. The van der Waals surface area contributed by atoms with Gasteiger partial charge in [0.1, 0.15) is 30.4 Å². The number of nitrogens with one attached hydrogen (secondary N) is 1. The van der Waals surface area contributed by atoms with E-state index in [1.807, 2.05) is 48.0 Å². The molecule has 0 saturated heterocycles. The third kappa shape index (κ3) is 3.56. The Hall–Kier alpha value is -4.86. The average molecular weight is 451 g/mol. The second-order valence-corrected chi connectivity index (χ2v) is 7.80. The van der Waals surface area contributed by atoms with Gasteiger partial charge < -0.3 is 15.6 Å². The zero-order valence-electron chi connectivity index (χ0n) is 18.6. The lowest BCUT2D eigenvalue weighted by atomic mass is 10.00. The van der Waals surface area contributed by atoms with Gasteiger partial charge in [-0.3, -0.25) is 4.79 Å². The number of carbonyl (C=O) groups excluding carboxylic acids is 1. The smallest absolute Gasteiger partial charge is 0.250 e. The van der Waals surface area contributed by atoms with E-state index in [0.717, 1.165) is 27.8 Å². The SMILES string of the molecule is C=C(C)C(=O)Nc1ccc(-c2c(-c3ccc(-n4cncn4)nc3)c3c(N)ncnc3n2C)cc1. The first-order valence-corrected chi connectivity index (χ1v) is 10.4. The van der Waals surface area contributed by atoms with Crippen molar-refractivity contribution in [3.05, 3.63) is 73.7 Å². The minimum absolute atomic E-state index is 0.223. The fourth-order valence-electron chi connectivity index (χ4n) is 3.84. The molecule has 5 aromatic rings. The molecule has 0 saturated carbocycles. The Labute approximate surface area is 194 Å². The first kappa shape index (κ1) is 21.0. The molecule has 168 valence electrons. The highest BCUT2D eigenvalue weighted by Crippen LogP contribution is 2.41. The summed E-state index contributed by atoms with van der Waals surface area (Å²) in [6, 6.07) is 11.4. The van der Waals surface area contributed by atoms with E-state index in [-0.39, 0.29) is 5.91 Å². The Morgan fingerprint density at radius 2 is 1.79 bits per heavy atom. The summed E-state index contributed by atoms with van der Waals surface area (Å²) in [4.78, 5) is 29.2. The van der Waals surface area contributed by atoms with E-state index in [1.54, 1.807) is 24.1 Å². The van der Waals surface area contributed by atoms with E-state index < -0.39 is 0 Å². The van der Waals surface area contributed by atoms with Gasteiger partial charge >= 0.3 is 0 Å². The predicted octanol–water partition coefficient (Wildman–Crippen LogP) is 3.37. The van der Waals surface area contributed by atoms with Gasteiger partial charge in [-0.2, -0.15) is 5.10 Å². The van der Waals surface area contributed by atoms with Crippen LogP contribution in [0.2, 0.25) is 0 Å². The highest BCUT2D eigenvalue weighted by molar-refractivity contribution is 6.08. The molecule has 0 atom stereocenters. The number of anilines is 2. The molecule has 4 aromatic heterocycles. The van der Waals surface area contributed by atoms with Crippen LogP contribution >= 0.6 is 0 Å². The summed E-state index contributed by atoms with van der Waals surface area (Å²) in [5, 5.41) is 7.70. The van der Waals surface area contributed by atoms with Crippen molar-refractivity contribution >= 4 is 28.4 Å². The van der Waals surface area contributed by atoms with Crippen LogP contribution in [0.4, 0.5) is 11.5 Å². The molecule has 4 heterocycles. The van der Waals surface area contributed by atoms with Crippen molar-refractivity contribution in [2.75, 3.05) is 11.1 Å². The van der Waals surface area contributed by atoms with E-state index >= 15 is 0 Å². The number of aryl methyl sites for hydroxylation is 1. The number of hydrogen-bond acceptors (Lipinski definition) is 7. The number of pyridine rings is 1. The summed E-state index contributed by atoms with van der Waals surface area (Å²) in [6.07, 6.45) is 6.26. The fraction of sp³-hybridized carbons (Fsp3) is 0.0833. The summed E-state index contributed by atoms with van der Waals surface area (Å²) >= 11 is 0. The molecule has 1 amide bonds. The quantitative estimate of drug-likeness (QED) is 0.392. The standard InChI is InChI=1S/C24H21N9O/c1-14(2)24(34)31-17-7-4-15(5-8-17)21-19(20-22(25)28-12-29-23(20)32(21)3)16-6-9-18(27-10-16)33-13-26-11-30-33/h4-13H,1H2,2-3H3,(H,31,34)(H2,25,28,29). The van der Waals surface area contributed by atoms with Gasteiger partial charge in [-0.25, -0.2) is 24.6 Å². The van der Waals surface area contributed by atoms with Crippen LogP contribution in [0.5, 0.6) is 0 Å². The van der Waals surface area contributed by atoms with E-state index in [1.165, 1.54) is 12.7 Å². The van der Waals surface area contributed by atoms with Crippen LogP contribution in [-0.4, -0.2) is 40.2 Å². The van der Waals surface area contributed by atoms with Crippen LogP contribution in [0.1, 0.15) is 6.92 Å². The number of carbonyl (C=O) groups is 1. The third-order valence-electron chi connectivity index (χ3n) is 5.49. The molecule has 10 nitrogen and oxygen atoms in total. The number of benzene rings is 1. The largest absolute Gasteiger partial charge is 0.383 e. The zero-order valence-corrected chi connectivity index (χ0v) is 18.6. The van der Waals surface area contributed by atoms with E-state index in [2.05, 4.69) is 36.9 Å². The van der Waals surface area contributed by atoms with Crippen LogP contribution in [0.15, 0.2) is 73.7 Å². The van der Waals surface area contributed by atoms with Crippen LogP contribution in [0.25, 0.3) is 39.2 Å². The second kappa shape index (κ2) is 8.24. The summed E-state index contributed by atoms with van der Waals surface area (Å²) < 4.78 is 3.57. The molecule has 0 aliphatic rings. The van der Waals surface area contributed by atoms with E-state index in [4.69, 9.17) is 5.73 Å². The molecule has 5 rings (SSSR count). The number of hydrogen-bond donors (Lipinski definition) is 2. The summed E-state index contributed by atoms with van der Waals surface area (Å²) in [5.41, 5.74) is 11.7. The number of nitrogens with two attached hydrogens (primary N) is 1. The van der Waals surface area contributed by atoms with Crippen molar-refractivity contribution in [1.29, 1.82) is 0 Å². The molecular formula is C24H21N9O. The molecule has 0 spiro atoms. The maximum atomic E-state index is 12.0. The highest BCUT2D eigenvalue weighted by Gasteiger charge is 2.22. The molecule has 10 heteroatoms. The third-order valence-corrected chi connectivity index (χ3v) is 5.49. The lowest BCUT2D eigenvalue weighted by Gasteiger charge is -2.11. The van der Waals surface area contributed by atoms with Gasteiger partial charge in [0.15, 0.2) is 5.82 Å². The Morgan fingerprint density at radius 1 is 1.03 bits per heavy atom. The van der Waals surface area contributed by atoms with Crippen molar-refractivity contribution in [3.63, 3.8) is 0 Å². The Kier molecular flexibility index (Phi) is 5.09. The molecule has 3 N–H and O–H groups in total. The van der Waals surface area contributed by atoms with Gasteiger partial charge in [-0.1, -0.05) is 18.7 Å². The van der Waals surface area contributed by atoms with E-state index in [9.17, 15) is 4.79 Å². The Bertz CT molecular complexity index is 1520. The zero-order chi connectivity index (χ0) is 23.8. The van der Waals surface area contributed by atoms with Gasteiger partial charge in [0.2, 0.25) is 0 Å². The molecule has 0 bridgehead atoms. The predicted molar refractivity (Wildman–Crippen MR) is 130 cm³/mol. The molecule has 0 fully saturated rings. The number of nitrogen functional groups attached to an aromatic ring is 1. The molecule has 0 unspecified atom stereocenters. The molecule has 0 radical (unpaired) electrons. The van der Waals surface area contributed by atoms with Gasteiger partial charge in [-0.15, -0.1) is 0 Å². The number of fused-ring (bicyclic) bond motifs is 1. The van der Waals surface area contributed by atoms with Crippen molar-refractivity contribution in [3.8, 4) is 28.2 Å². The van der Waals surface area contributed by atoms with Crippen LogP contribution < -0.4 is 11.1 Å². The Morgan fingerprint density at radius 3 is 2.44 bits per heavy atom. The van der Waals surface area contributed by atoms with E-state index in [0.29, 0.717) is 28.5 Å². The summed E-state index contributed by atoms with van der Waals surface area (Å²) in [5.74, 6) is 0.803. The Balaban J connectivity index is 1.65. The number of amides is 1. The average Bonchev–Trinajstić information content (AvgIpc) is 3.47. The van der Waals surface area contributed by atoms with Crippen molar-refractivity contribution in [1.82, 2.24) is 34.3 Å².